The SMILES string of the molecule is Cc1sc2nc(Nc3nc4cc(Cl)ccc4o3)nn2c1C. The average Bonchev–Trinajstić information content (AvgIpc) is 3.07. The largest absolute Gasteiger partial charge is 0.423 e. The van der Waals surface area contributed by atoms with Crippen molar-refractivity contribution in [1.29, 1.82) is 0 Å². The minimum atomic E-state index is 0.347. The molecule has 0 aliphatic carbocycles. The molecule has 4 rings (SSSR count). The first-order valence-electron chi connectivity index (χ1n) is 6.26. The van der Waals surface area contributed by atoms with E-state index in [1.165, 1.54) is 4.88 Å². The van der Waals surface area contributed by atoms with Crippen LogP contribution in [0.4, 0.5) is 12.0 Å². The summed E-state index contributed by atoms with van der Waals surface area (Å²) in [7, 11) is 0. The molecule has 0 atom stereocenters. The second-order valence-corrected chi connectivity index (χ2v) is 6.25. The third kappa shape index (κ3) is 2.05. The van der Waals surface area contributed by atoms with E-state index in [0.29, 0.717) is 28.1 Å². The number of aromatic nitrogens is 4. The standard InChI is InChI=1S/C13H10ClN5OS/c1-6-7(2)21-13-17-11(18-19(6)13)16-12-15-9-5-8(14)3-4-10(9)20-12/h3-5H,1-2H3,(H,15,16,18). The molecule has 0 saturated heterocycles. The number of anilines is 2. The van der Waals surface area contributed by atoms with E-state index in [1.807, 2.05) is 18.4 Å². The maximum atomic E-state index is 5.93. The van der Waals surface area contributed by atoms with Crippen molar-refractivity contribution in [3.63, 3.8) is 0 Å². The lowest BCUT2D eigenvalue weighted by Crippen LogP contribution is -1.94. The van der Waals surface area contributed by atoms with Crippen LogP contribution in [0.25, 0.3) is 16.1 Å². The van der Waals surface area contributed by atoms with Gasteiger partial charge < -0.3 is 4.42 Å². The van der Waals surface area contributed by atoms with Gasteiger partial charge in [0.15, 0.2) is 5.58 Å². The Hall–Kier alpha value is -2.12. The predicted molar refractivity (Wildman–Crippen MR) is 82.6 cm³/mol. The van der Waals surface area contributed by atoms with E-state index < -0.39 is 0 Å². The zero-order valence-corrected chi connectivity index (χ0v) is 12.8. The van der Waals surface area contributed by atoms with Crippen molar-refractivity contribution in [2.75, 3.05) is 5.32 Å². The first kappa shape index (κ1) is 12.6. The van der Waals surface area contributed by atoms with Gasteiger partial charge in [0.25, 0.3) is 5.95 Å². The summed E-state index contributed by atoms with van der Waals surface area (Å²) in [4.78, 5) is 10.8. The lowest BCUT2D eigenvalue weighted by atomic mass is 10.3. The average molecular weight is 320 g/mol. The quantitative estimate of drug-likeness (QED) is 0.606. The molecule has 1 N–H and O–H groups in total. The van der Waals surface area contributed by atoms with Crippen LogP contribution in [-0.2, 0) is 0 Å². The van der Waals surface area contributed by atoms with Gasteiger partial charge in [0.1, 0.15) is 5.52 Å². The molecule has 1 aromatic carbocycles. The number of hydrogen-bond acceptors (Lipinski definition) is 6. The van der Waals surface area contributed by atoms with Gasteiger partial charge in [0, 0.05) is 9.90 Å². The van der Waals surface area contributed by atoms with E-state index in [4.69, 9.17) is 16.0 Å². The molecule has 0 aliphatic heterocycles. The van der Waals surface area contributed by atoms with Gasteiger partial charge in [-0.2, -0.15) is 9.97 Å². The van der Waals surface area contributed by atoms with Crippen molar-refractivity contribution in [2.45, 2.75) is 13.8 Å². The number of benzene rings is 1. The van der Waals surface area contributed by atoms with Gasteiger partial charge in [0.2, 0.25) is 4.96 Å². The first-order chi connectivity index (χ1) is 10.1. The van der Waals surface area contributed by atoms with E-state index in [2.05, 4.69) is 20.4 Å². The molecule has 0 unspecified atom stereocenters. The van der Waals surface area contributed by atoms with Crippen molar-refractivity contribution in [3.05, 3.63) is 33.8 Å². The Balaban J connectivity index is 1.71. The van der Waals surface area contributed by atoms with Crippen molar-refractivity contribution < 1.29 is 4.42 Å². The Bertz CT molecular complexity index is 970. The lowest BCUT2D eigenvalue weighted by Gasteiger charge is -1.93. The van der Waals surface area contributed by atoms with E-state index in [1.54, 1.807) is 29.5 Å². The summed E-state index contributed by atoms with van der Waals surface area (Å²) in [5.74, 6) is 0.460. The number of oxazole rings is 1. The fourth-order valence-corrected chi connectivity index (χ4v) is 3.12. The second kappa shape index (κ2) is 4.44. The molecule has 3 aromatic heterocycles. The van der Waals surface area contributed by atoms with Gasteiger partial charge in [-0.15, -0.1) is 5.10 Å². The maximum Gasteiger partial charge on any atom is 0.302 e. The number of thiazole rings is 1. The molecule has 0 bridgehead atoms. The fraction of sp³-hybridized carbons (Fsp3) is 0.154. The number of rotatable bonds is 2. The number of nitrogens with zero attached hydrogens (tertiary/aromatic N) is 4. The topological polar surface area (TPSA) is 68.2 Å². The zero-order valence-electron chi connectivity index (χ0n) is 11.2. The molecule has 4 aromatic rings. The molecular formula is C13H10ClN5OS. The van der Waals surface area contributed by atoms with Crippen LogP contribution in [0.1, 0.15) is 10.6 Å². The third-order valence-electron chi connectivity index (χ3n) is 3.22. The van der Waals surface area contributed by atoms with Gasteiger partial charge in [-0.25, -0.2) is 4.52 Å². The molecule has 0 radical (unpaired) electrons. The summed E-state index contributed by atoms with van der Waals surface area (Å²) in [6.45, 7) is 4.06. The van der Waals surface area contributed by atoms with Crippen LogP contribution >= 0.6 is 22.9 Å². The normalized spacial score (nSPS) is 11.6. The van der Waals surface area contributed by atoms with E-state index in [0.717, 1.165) is 10.7 Å². The van der Waals surface area contributed by atoms with Crippen LogP contribution in [0.3, 0.4) is 0 Å². The van der Waals surface area contributed by atoms with Crippen LogP contribution in [0.15, 0.2) is 22.6 Å². The van der Waals surface area contributed by atoms with Crippen LogP contribution in [0.5, 0.6) is 0 Å². The van der Waals surface area contributed by atoms with Gasteiger partial charge in [-0.3, -0.25) is 5.32 Å². The number of nitrogens with one attached hydrogen (secondary N) is 1. The summed E-state index contributed by atoms with van der Waals surface area (Å²) in [6, 6.07) is 5.64. The van der Waals surface area contributed by atoms with Crippen LogP contribution in [0.2, 0.25) is 5.02 Å². The molecule has 21 heavy (non-hydrogen) atoms. The number of hydrogen-bond donors (Lipinski definition) is 1. The number of fused-ring (bicyclic) bond motifs is 2. The highest BCUT2D eigenvalue weighted by molar-refractivity contribution is 7.17. The van der Waals surface area contributed by atoms with Gasteiger partial charge >= 0.3 is 6.01 Å². The summed E-state index contributed by atoms with van der Waals surface area (Å²) in [6.07, 6.45) is 0. The number of aryl methyl sites for hydroxylation is 2. The van der Waals surface area contributed by atoms with Gasteiger partial charge in [-0.05, 0) is 32.0 Å². The highest BCUT2D eigenvalue weighted by Gasteiger charge is 2.13. The molecule has 106 valence electrons. The Morgan fingerprint density at radius 3 is 2.95 bits per heavy atom. The van der Waals surface area contributed by atoms with Crippen molar-refractivity contribution >= 4 is 51.0 Å². The highest BCUT2D eigenvalue weighted by atomic mass is 35.5. The van der Waals surface area contributed by atoms with Gasteiger partial charge in [0.05, 0.1) is 5.69 Å². The Morgan fingerprint density at radius 1 is 1.29 bits per heavy atom. The first-order valence-corrected chi connectivity index (χ1v) is 7.45. The Labute approximate surface area is 128 Å². The minimum absolute atomic E-state index is 0.347. The Morgan fingerprint density at radius 2 is 2.14 bits per heavy atom. The van der Waals surface area contributed by atoms with E-state index in [-0.39, 0.29) is 0 Å². The molecule has 0 aliphatic rings. The fourth-order valence-electron chi connectivity index (χ4n) is 2.04. The van der Waals surface area contributed by atoms with Crippen LogP contribution in [-0.4, -0.2) is 19.6 Å². The molecule has 8 heteroatoms. The number of halogens is 1. The molecular weight excluding hydrogens is 310 g/mol. The van der Waals surface area contributed by atoms with Crippen molar-refractivity contribution in [2.24, 2.45) is 0 Å². The molecule has 0 saturated carbocycles. The minimum Gasteiger partial charge on any atom is -0.423 e. The molecule has 3 heterocycles. The molecule has 0 fully saturated rings. The van der Waals surface area contributed by atoms with Crippen LogP contribution in [0, 0.1) is 13.8 Å². The second-order valence-electron chi connectivity index (χ2n) is 4.63. The van der Waals surface area contributed by atoms with Crippen LogP contribution < -0.4 is 5.32 Å². The Kier molecular flexibility index (Phi) is 2.66. The third-order valence-corrected chi connectivity index (χ3v) is 4.50. The summed E-state index contributed by atoms with van der Waals surface area (Å²) in [5, 5.41) is 7.99. The van der Waals surface area contributed by atoms with Crippen molar-refractivity contribution in [1.82, 2.24) is 19.6 Å². The molecule has 0 amide bonds. The molecule has 6 nitrogen and oxygen atoms in total. The zero-order chi connectivity index (χ0) is 14.6. The summed E-state index contributed by atoms with van der Waals surface area (Å²) in [5.41, 5.74) is 2.44. The molecule has 0 spiro atoms. The van der Waals surface area contributed by atoms with Gasteiger partial charge in [-0.1, -0.05) is 22.9 Å². The summed E-state index contributed by atoms with van der Waals surface area (Å²) >= 11 is 7.53. The maximum absolute atomic E-state index is 5.93. The highest BCUT2D eigenvalue weighted by Crippen LogP contribution is 2.25. The smallest absolute Gasteiger partial charge is 0.302 e. The van der Waals surface area contributed by atoms with Crippen molar-refractivity contribution in [3.8, 4) is 0 Å². The predicted octanol–water partition coefficient (Wildman–Crippen LogP) is 3.95. The monoisotopic (exact) mass is 319 g/mol. The summed E-state index contributed by atoms with van der Waals surface area (Å²) < 4.78 is 7.39. The lowest BCUT2D eigenvalue weighted by molar-refractivity contribution is 0.621. The van der Waals surface area contributed by atoms with E-state index in [9.17, 15) is 0 Å². The van der Waals surface area contributed by atoms with E-state index >= 15 is 0 Å².